The maximum atomic E-state index is 5.69. The molecule has 1 N–H and O–H groups in total. The minimum atomic E-state index is 0.362. The fourth-order valence-corrected chi connectivity index (χ4v) is 2.34. The summed E-state index contributed by atoms with van der Waals surface area (Å²) in [7, 11) is 1.67. The molecule has 1 saturated heterocycles. The second-order valence-electron chi connectivity index (χ2n) is 4.65. The van der Waals surface area contributed by atoms with Gasteiger partial charge in [-0.15, -0.1) is 0 Å². The first kappa shape index (κ1) is 14.2. The molecule has 0 bridgehead atoms. The summed E-state index contributed by atoms with van der Waals surface area (Å²) in [6, 6.07) is 5.98. The molecule has 0 amide bonds. The molecular weight excluding hydrogens is 242 g/mol. The standard InChI is InChI=1S/C15H23NO3/c1-3-18-15-12(6-4-8-14(15)17-2)10-16-11-13-7-5-9-19-13/h4,6,8,13,16H,3,5,7,9-11H2,1-2H3/t13-/m1/s1. The Labute approximate surface area is 115 Å². The van der Waals surface area contributed by atoms with Crippen LogP contribution in [-0.4, -0.2) is 33.0 Å². The Kier molecular flexibility index (Phi) is 5.48. The fraction of sp³-hybridized carbons (Fsp3) is 0.600. The molecule has 0 unspecified atom stereocenters. The quantitative estimate of drug-likeness (QED) is 0.821. The molecule has 1 atom stereocenters. The number of hydrogen-bond acceptors (Lipinski definition) is 4. The van der Waals surface area contributed by atoms with E-state index in [1.807, 2.05) is 19.1 Å². The molecule has 0 spiro atoms. The highest BCUT2D eigenvalue weighted by atomic mass is 16.5. The molecule has 0 aromatic heterocycles. The van der Waals surface area contributed by atoms with Crippen LogP contribution < -0.4 is 14.8 Å². The van der Waals surface area contributed by atoms with Crippen LogP contribution in [-0.2, 0) is 11.3 Å². The smallest absolute Gasteiger partial charge is 0.165 e. The number of methoxy groups -OCH3 is 1. The molecule has 1 aromatic rings. The first-order chi connectivity index (χ1) is 9.35. The van der Waals surface area contributed by atoms with Crippen molar-refractivity contribution in [2.75, 3.05) is 26.9 Å². The molecule has 1 heterocycles. The van der Waals surface area contributed by atoms with Crippen molar-refractivity contribution in [3.8, 4) is 11.5 Å². The van der Waals surface area contributed by atoms with Crippen LogP contribution in [0.4, 0.5) is 0 Å². The normalized spacial score (nSPS) is 18.5. The monoisotopic (exact) mass is 265 g/mol. The predicted molar refractivity (Wildman–Crippen MR) is 74.8 cm³/mol. The van der Waals surface area contributed by atoms with Gasteiger partial charge in [0.2, 0.25) is 0 Å². The van der Waals surface area contributed by atoms with Crippen LogP contribution in [0.25, 0.3) is 0 Å². The summed E-state index contributed by atoms with van der Waals surface area (Å²) in [5.41, 5.74) is 1.12. The minimum absolute atomic E-state index is 0.362. The van der Waals surface area contributed by atoms with E-state index in [1.54, 1.807) is 7.11 Å². The molecule has 1 fully saturated rings. The lowest BCUT2D eigenvalue weighted by Gasteiger charge is -2.15. The first-order valence-corrected chi connectivity index (χ1v) is 6.96. The van der Waals surface area contributed by atoms with E-state index in [4.69, 9.17) is 14.2 Å². The van der Waals surface area contributed by atoms with Gasteiger partial charge in [0.15, 0.2) is 11.5 Å². The Bertz CT molecular complexity index is 389. The summed E-state index contributed by atoms with van der Waals surface area (Å²) in [6.45, 7) is 5.18. The molecule has 106 valence electrons. The average Bonchev–Trinajstić information content (AvgIpc) is 2.94. The largest absolute Gasteiger partial charge is 0.493 e. The van der Waals surface area contributed by atoms with E-state index < -0.39 is 0 Å². The van der Waals surface area contributed by atoms with Crippen molar-refractivity contribution < 1.29 is 14.2 Å². The zero-order valence-electron chi connectivity index (χ0n) is 11.8. The second-order valence-corrected chi connectivity index (χ2v) is 4.65. The van der Waals surface area contributed by atoms with Crippen LogP contribution >= 0.6 is 0 Å². The van der Waals surface area contributed by atoms with Crippen molar-refractivity contribution >= 4 is 0 Å². The minimum Gasteiger partial charge on any atom is -0.493 e. The molecular formula is C15H23NO3. The van der Waals surface area contributed by atoms with Crippen LogP contribution in [0.2, 0.25) is 0 Å². The van der Waals surface area contributed by atoms with E-state index in [0.717, 1.165) is 43.2 Å². The molecule has 0 saturated carbocycles. The highest BCUT2D eigenvalue weighted by Gasteiger charge is 2.15. The molecule has 19 heavy (non-hydrogen) atoms. The van der Waals surface area contributed by atoms with Gasteiger partial charge in [-0.3, -0.25) is 0 Å². The predicted octanol–water partition coefficient (Wildman–Crippen LogP) is 2.36. The van der Waals surface area contributed by atoms with E-state index in [2.05, 4.69) is 11.4 Å². The van der Waals surface area contributed by atoms with Crippen LogP contribution in [0.5, 0.6) is 11.5 Å². The molecule has 1 aromatic carbocycles. The summed E-state index contributed by atoms with van der Waals surface area (Å²) >= 11 is 0. The van der Waals surface area contributed by atoms with E-state index in [1.165, 1.54) is 6.42 Å². The Morgan fingerprint density at radius 3 is 3.00 bits per heavy atom. The maximum absolute atomic E-state index is 5.69. The van der Waals surface area contributed by atoms with Gasteiger partial charge in [0.25, 0.3) is 0 Å². The maximum Gasteiger partial charge on any atom is 0.165 e. The van der Waals surface area contributed by atoms with Crippen molar-refractivity contribution in [3.05, 3.63) is 23.8 Å². The summed E-state index contributed by atoms with van der Waals surface area (Å²) in [6.07, 6.45) is 2.69. The van der Waals surface area contributed by atoms with E-state index >= 15 is 0 Å². The second kappa shape index (κ2) is 7.36. The van der Waals surface area contributed by atoms with E-state index in [-0.39, 0.29) is 0 Å². The molecule has 0 aliphatic carbocycles. The van der Waals surface area contributed by atoms with Gasteiger partial charge >= 0.3 is 0 Å². The third kappa shape index (κ3) is 3.85. The SMILES string of the molecule is CCOc1c(CNC[C@H]2CCCO2)cccc1OC. The van der Waals surface area contributed by atoms with Gasteiger partial charge in [-0.2, -0.15) is 0 Å². The van der Waals surface area contributed by atoms with E-state index in [0.29, 0.717) is 12.7 Å². The van der Waals surface area contributed by atoms with Crippen molar-refractivity contribution in [1.29, 1.82) is 0 Å². The zero-order valence-corrected chi connectivity index (χ0v) is 11.8. The van der Waals surface area contributed by atoms with Crippen LogP contribution in [0.15, 0.2) is 18.2 Å². The molecule has 0 radical (unpaired) electrons. The number of rotatable bonds is 7. The summed E-state index contributed by atoms with van der Waals surface area (Å²) in [5, 5.41) is 3.43. The van der Waals surface area contributed by atoms with Gasteiger partial charge in [0.1, 0.15) is 0 Å². The Morgan fingerprint density at radius 1 is 1.42 bits per heavy atom. The average molecular weight is 265 g/mol. The molecule has 2 rings (SSSR count). The zero-order chi connectivity index (χ0) is 13.5. The van der Waals surface area contributed by atoms with Gasteiger partial charge in [-0.1, -0.05) is 12.1 Å². The lowest BCUT2D eigenvalue weighted by atomic mass is 10.1. The van der Waals surface area contributed by atoms with E-state index in [9.17, 15) is 0 Å². The third-order valence-electron chi connectivity index (χ3n) is 3.28. The van der Waals surface area contributed by atoms with Crippen molar-refractivity contribution in [3.63, 3.8) is 0 Å². The third-order valence-corrected chi connectivity index (χ3v) is 3.28. The van der Waals surface area contributed by atoms with Crippen LogP contribution in [0.3, 0.4) is 0 Å². The number of ether oxygens (including phenoxy) is 3. The summed E-state index contributed by atoms with van der Waals surface area (Å²) < 4.78 is 16.6. The summed E-state index contributed by atoms with van der Waals surface area (Å²) in [4.78, 5) is 0. The highest BCUT2D eigenvalue weighted by Crippen LogP contribution is 2.31. The lowest BCUT2D eigenvalue weighted by Crippen LogP contribution is -2.26. The van der Waals surface area contributed by atoms with Gasteiger partial charge in [-0.05, 0) is 25.8 Å². The molecule has 1 aliphatic rings. The Hall–Kier alpha value is -1.26. The molecule has 4 nitrogen and oxygen atoms in total. The van der Waals surface area contributed by atoms with Gasteiger partial charge in [0.05, 0.1) is 19.8 Å². The number of nitrogens with one attached hydrogen (secondary N) is 1. The van der Waals surface area contributed by atoms with Crippen molar-refractivity contribution in [1.82, 2.24) is 5.32 Å². The van der Waals surface area contributed by atoms with Gasteiger partial charge < -0.3 is 19.5 Å². The van der Waals surface area contributed by atoms with Crippen molar-refractivity contribution in [2.24, 2.45) is 0 Å². The Balaban J connectivity index is 1.94. The molecule has 1 aliphatic heterocycles. The number of benzene rings is 1. The van der Waals surface area contributed by atoms with Crippen LogP contribution in [0, 0.1) is 0 Å². The molecule has 4 heteroatoms. The summed E-state index contributed by atoms with van der Waals surface area (Å²) in [5.74, 6) is 1.63. The van der Waals surface area contributed by atoms with Gasteiger partial charge in [-0.25, -0.2) is 0 Å². The topological polar surface area (TPSA) is 39.7 Å². The number of para-hydroxylation sites is 1. The lowest BCUT2D eigenvalue weighted by molar-refractivity contribution is 0.110. The highest BCUT2D eigenvalue weighted by molar-refractivity contribution is 5.46. The number of hydrogen-bond donors (Lipinski definition) is 1. The van der Waals surface area contributed by atoms with Crippen molar-refractivity contribution in [2.45, 2.75) is 32.4 Å². The van der Waals surface area contributed by atoms with Crippen LogP contribution in [0.1, 0.15) is 25.3 Å². The fourth-order valence-electron chi connectivity index (χ4n) is 2.34. The first-order valence-electron chi connectivity index (χ1n) is 6.96. The Morgan fingerprint density at radius 2 is 2.32 bits per heavy atom. The van der Waals surface area contributed by atoms with Gasteiger partial charge in [0, 0.05) is 25.3 Å².